The van der Waals surface area contributed by atoms with Gasteiger partial charge in [0.25, 0.3) is 0 Å². The maximum atomic E-state index is 11.7. The van der Waals surface area contributed by atoms with Gasteiger partial charge in [-0.1, -0.05) is 11.6 Å². The average molecular weight is 303 g/mol. The SMILES string of the molecule is COc1ccc(NC(=O)CSCC(C)(C)N)cc1Cl. The van der Waals surface area contributed by atoms with Crippen LogP contribution in [0.5, 0.6) is 5.75 Å². The maximum absolute atomic E-state index is 11.7. The van der Waals surface area contributed by atoms with E-state index in [0.717, 1.165) is 5.75 Å². The zero-order valence-corrected chi connectivity index (χ0v) is 12.9. The monoisotopic (exact) mass is 302 g/mol. The number of methoxy groups -OCH3 is 1. The molecule has 0 unspecified atom stereocenters. The normalized spacial score (nSPS) is 11.2. The minimum absolute atomic E-state index is 0.0736. The van der Waals surface area contributed by atoms with Gasteiger partial charge in [0.15, 0.2) is 0 Å². The maximum Gasteiger partial charge on any atom is 0.234 e. The van der Waals surface area contributed by atoms with Gasteiger partial charge in [0.05, 0.1) is 17.9 Å². The van der Waals surface area contributed by atoms with Crippen LogP contribution >= 0.6 is 23.4 Å². The second kappa shape index (κ2) is 7.03. The molecule has 1 amide bonds. The molecule has 0 heterocycles. The van der Waals surface area contributed by atoms with Crippen LogP contribution in [-0.2, 0) is 4.79 Å². The zero-order valence-electron chi connectivity index (χ0n) is 11.3. The molecule has 1 aromatic rings. The Labute approximate surface area is 123 Å². The Balaban J connectivity index is 2.46. The molecule has 0 aromatic heterocycles. The molecule has 0 aliphatic rings. The Kier molecular flexibility index (Phi) is 5.97. The minimum atomic E-state index is -0.269. The van der Waals surface area contributed by atoms with Gasteiger partial charge in [0, 0.05) is 17.0 Å². The van der Waals surface area contributed by atoms with Crippen molar-refractivity contribution in [1.29, 1.82) is 0 Å². The van der Waals surface area contributed by atoms with Crippen molar-refractivity contribution >= 4 is 35.0 Å². The lowest BCUT2D eigenvalue weighted by Gasteiger charge is -2.17. The lowest BCUT2D eigenvalue weighted by molar-refractivity contribution is -0.113. The van der Waals surface area contributed by atoms with Gasteiger partial charge in [-0.05, 0) is 32.0 Å². The van der Waals surface area contributed by atoms with Crippen molar-refractivity contribution < 1.29 is 9.53 Å². The highest BCUT2D eigenvalue weighted by molar-refractivity contribution is 8.00. The fourth-order valence-electron chi connectivity index (χ4n) is 1.35. The summed E-state index contributed by atoms with van der Waals surface area (Å²) < 4.78 is 5.04. The Hall–Kier alpha value is -0.910. The van der Waals surface area contributed by atoms with Gasteiger partial charge in [-0.25, -0.2) is 0 Å². The lowest BCUT2D eigenvalue weighted by Crippen LogP contribution is -2.35. The van der Waals surface area contributed by atoms with Crippen LogP contribution in [0.4, 0.5) is 5.69 Å². The van der Waals surface area contributed by atoms with Crippen LogP contribution in [0, 0.1) is 0 Å². The molecular weight excluding hydrogens is 284 g/mol. The molecular formula is C13H19ClN2O2S. The van der Waals surface area contributed by atoms with E-state index in [1.165, 1.54) is 11.8 Å². The molecule has 3 N–H and O–H groups in total. The molecule has 0 saturated carbocycles. The fourth-order valence-corrected chi connectivity index (χ4v) is 2.49. The summed E-state index contributed by atoms with van der Waals surface area (Å²) in [5.74, 6) is 1.60. The third kappa shape index (κ3) is 6.18. The zero-order chi connectivity index (χ0) is 14.5. The van der Waals surface area contributed by atoms with E-state index in [1.807, 2.05) is 13.8 Å². The summed E-state index contributed by atoms with van der Waals surface area (Å²) in [7, 11) is 1.55. The number of benzene rings is 1. The van der Waals surface area contributed by atoms with Gasteiger partial charge < -0.3 is 15.8 Å². The second-order valence-electron chi connectivity index (χ2n) is 4.88. The summed E-state index contributed by atoms with van der Waals surface area (Å²) in [5.41, 5.74) is 6.23. The van der Waals surface area contributed by atoms with E-state index in [2.05, 4.69) is 5.32 Å². The van der Waals surface area contributed by atoms with Crippen LogP contribution in [0.15, 0.2) is 18.2 Å². The largest absolute Gasteiger partial charge is 0.495 e. The molecule has 0 radical (unpaired) electrons. The number of rotatable bonds is 6. The number of amides is 1. The van der Waals surface area contributed by atoms with Gasteiger partial charge in [0.2, 0.25) is 5.91 Å². The second-order valence-corrected chi connectivity index (χ2v) is 6.27. The van der Waals surface area contributed by atoms with Crippen molar-refractivity contribution in [2.75, 3.05) is 23.9 Å². The molecule has 0 bridgehead atoms. The molecule has 0 spiro atoms. The third-order valence-corrected chi connectivity index (χ3v) is 3.85. The number of nitrogens with one attached hydrogen (secondary N) is 1. The first kappa shape index (κ1) is 16.1. The Morgan fingerprint density at radius 1 is 1.53 bits per heavy atom. The molecule has 0 aliphatic carbocycles. The number of carbonyl (C=O) groups excluding carboxylic acids is 1. The number of hydrogen-bond acceptors (Lipinski definition) is 4. The van der Waals surface area contributed by atoms with E-state index >= 15 is 0 Å². The number of thioether (sulfide) groups is 1. The molecule has 106 valence electrons. The van der Waals surface area contributed by atoms with Crippen molar-refractivity contribution in [2.24, 2.45) is 5.73 Å². The van der Waals surface area contributed by atoms with Crippen LogP contribution in [0.25, 0.3) is 0 Å². The first-order valence-electron chi connectivity index (χ1n) is 5.82. The van der Waals surface area contributed by atoms with E-state index in [-0.39, 0.29) is 11.4 Å². The summed E-state index contributed by atoms with van der Waals surface area (Å²) >= 11 is 7.48. The van der Waals surface area contributed by atoms with E-state index in [9.17, 15) is 4.79 Å². The standard InChI is InChI=1S/C13H19ClN2O2S/c1-13(2,15)8-19-7-12(17)16-9-4-5-11(18-3)10(14)6-9/h4-6H,7-8,15H2,1-3H3,(H,16,17). The van der Waals surface area contributed by atoms with Crippen molar-refractivity contribution in [3.8, 4) is 5.75 Å². The van der Waals surface area contributed by atoms with Gasteiger partial charge in [-0.3, -0.25) is 4.79 Å². The molecule has 0 aliphatic heterocycles. The smallest absolute Gasteiger partial charge is 0.234 e. The first-order valence-corrected chi connectivity index (χ1v) is 7.35. The van der Waals surface area contributed by atoms with Crippen LogP contribution in [0.3, 0.4) is 0 Å². The van der Waals surface area contributed by atoms with Gasteiger partial charge in [-0.2, -0.15) is 11.8 Å². The number of halogens is 1. The number of ether oxygens (including phenoxy) is 1. The highest BCUT2D eigenvalue weighted by atomic mass is 35.5. The van der Waals surface area contributed by atoms with E-state index in [4.69, 9.17) is 22.1 Å². The number of anilines is 1. The highest BCUT2D eigenvalue weighted by Gasteiger charge is 2.12. The Morgan fingerprint density at radius 2 is 2.21 bits per heavy atom. The fraction of sp³-hybridized carbons (Fsp3) is 0.462. The van der Waals surface area contributed by atoms with Gasteiger partial charge in [-0.15, -0.1) is 0 Å². The lowest BCUT2D eigenvalue weighted by atomic mass is 10.1. The molecule has 19 heavy (non-hydrogen) atoms. The molecule has 1 aromatic carbocycles. The summed E-state index contributed by atoms with van der Waals surface area (Å²) in [5, 5.41) is 3.25. The number of carbonyl (C=O) groups is 1. The van der Waals surface area contributed by atoms with Crippen molar-refractivity contribution in [2.45, 2.75) is 19.4 Å². The van der Waals surface area contributed by atoms with Gasteiger partial charge >= 0.3 is 0 Å². The van der Waals surface area contributed by atoms with Crippen molar-refractivity contribution in [3.05, 3.63) is 23.2 Å². The third-order valence-electron chi connectivity index (χ3n) is 2.14. The molecule has 0 atom stereocenters. The Morgan fingerprint density at radius 3 is 2.74 bits per heavy atom. The molecule has 0 saturated heterocycles. The molecule has 0 fully saturated rings. The van der Waals surface area contributed by atoms with Crippen molar-refractivity contribution in [3.63, 3.8) is 0 Å². The molecule has 1 rings (SSSR count). The predicted octanol–water partition coefficient (Wildman–Crippen LogP) is 2.76. The van der Waals surface area contributed by atoms with E-state index in [0.29, 0.717) is 22.2 Å². The summed E-state index contributed by atoms with van der Waals surface area (Å²) in [4.78, 5) is 11.7. The highest BCUT2D eigenvalue weighted by Crippen LogP contribution is 2.27. The van der Waals surface area contributed by atoms with Crippen LogP contribution in [0.2, 0.25) is 5.02 Å². The van der Waals surface area contributed by atoms with E-state index in [1.54, 1.807) is 25.3 Å². The summed E-state index contributed by atoms with van der Waals surface area (Å²) in [6.07, 6.45) is 0. The number of nitrogens with two attached hydrogens (primary N) is 1. The van der Waals surface area contributed by atoms with Crippen LogP contribution in [0.1, 0.15) is 13.8 Å². The molecule has 4 nitrogen and oxygen atoms in total. The minimum Gasteiger partial charge on any atom is -0.495 e. The van der Waals surface area contributed by atoms with E-state index < -0.39 is 0 Å². The summed E-state index contributed by atoms with van der Waals surface area (Å²) in [6, 6.07) is 5.13. The topological polar surface area (TPSA) is 64.3 Å². The van der Waals surface area contributed by atoms with Crippen molar-refractivity contribution in [1.82, 2.24) is 0 Å². The predicted molar refractivity (Wildman–Crippen MR) is 82.2 cm³/mol. The Bertz CT molecular complexity index is 447. The first-order chi connectivity index (χ1) is 8.81. The number of hydrogen-bond donors (Lipinski definition) is 2. The van der Waals surface area contributed by atoms with Crippen LogP contribution < -0.4 is 15.8 Å². The summed E-state index contributed by atoms with van der Waals surface area (Å²) in [6.45, 7) is 3.86. The van der Waals surface area contributed by atoms with Crippen LogP contribution in [-0.4, -0.2) is 30.1 Å². The quantitative estimate of drug-likeness (QED) is 0.848. The average Bonchev–Trinajstić information content (AvgIpc) is 2.27. The van der Waals surface area contributed by atoms with Gasteiger partial charge in [0.1, 0.15) is 5.75 Å². The molecule has 6 heteroatoms.